The summed E-state index contributed by atoms with van der Waals surface area (Å²) < 4.78 is 0. The minimum atomic E-state index is -0.845. The Morgan fingerprint density at radius 1 is 1.44 bits per heavy atom. The molecule has 0 aromatic heterocycles. The quantitative estimate of drug-likeness (QED) is 0.819. The molecule has 1 rings (SSSR count). The number of phenolic OH excluding ortho intramolecular Hbond substituents is 1. The zero-order valence-corrected chi connectivity index (χ0v) is 11.6. The maximum Gasteiger partial charge on any atom is 0.239 e. The average Bonchev–Trinajstić information content (AvgIpc) is 2.36. The highest BCUT2D eigenvalue weighted by Crippen LogP contribution is 2.27. The summed E-state index contributed by atoms with van der Waals surface area (Å²) in [5.74, 6) is 0.00962. The van der Waals surface area contributed by atoms with Crippen LogP contribution >= 0.6 is 12.2 Å². The van der Waals surface area contributed by atoms with Crippen molar-refractivity contribution in [2.75, 3.05) is 11.9 Å². The van der Waals surface area contributed by atoms with Crippen molar-refractivity contribution >= 4 is 28.8 Å². The lowest BCUT2D eigenvalue weighted by Gasteiger charge is -2.30. The normalized spacial score (nSPS) is 13.7. The zero-order chi connectivity index (χ0) is 13.9. The Morgan fingerprint density at radius 2 is 1.94 bits per heavy atom. The summed E-state index contributed by atoms with van der Waals surface area (Å²) in [6.45, 7) is 3.62. The zero-order valence-electron chi connectivity index (χ0n) is 10.8. The molecule has 1 aromatic carbocycles. The fourth-order valence-electron chi connectivity index (χ4n) is 1.59. The van der Waals surface area contributed by atoms with Crippen molar-refractivity contribution in [3.05, 3.63) is 24.3 Å². The Balaban J connectivity index is 3.03. The van der Waals surface area contributed by atoms with Crippen LogP contribution in [0, 0.1) is 5.41 Å². The predicted octanol–water partition coefficient (Wildman–Crippen LogP) is 2.06. The molecular formula is C13H18N2O2S. The second kappa shape index (κ2) is 5.35. The van der Waals surface area contributed by atoms with Crippen LogP contribution in [-0.4, -0.2) is 23.0 Å². The lowest BCUT2D eigenvalue weighted by atomic mass is 9.86. The van der Waals surface area contributed by atoms with Crippen molar-refractivity contribution in [2.45, 2.75) is 20.3 Å². The molecule has 1 unspecified atom stereocenters. The van der Waals surface area contributed by atoms with Crippen molar-refractivity contribution in [1.29, 1.82) is 0 Å². The van der Waals surface area contributed by atoms with Crippen LogP contribution < -0.4 is 10.6 Å². The second-order valence-corrected chi connectivity index (χ2v) is 4.87. The third-order valence-corrected chi connectivity index (χ3v) is 3.72. The number of rotatable bonds is 4. The number of hydrogen-bond acceptors (Lipinski definition) is 3. The van der Waals surface area contributed by atoms with E-state index in [0.29, 0.717) is 12.1 Å². The maximum atomic E-state index is 12.4. The summed E-state index contributed by atoms with van der Waals surface area (Å²) in [6.07, 6.45) is 0.545. The molecule has 0 aliphatic heterocycles. The summed E-state index contributed by atoms with van der Waals surface area (Å²) >= 11 is 4.99. The molecule has 0 saturated carbocycles. The van der Waals surface area contributed by atoms with E-state index in [4.69, 9.17) is 18.0 Å². The number of carbonyl (C=O) groups is 1. The number of nitrogens with zero attached hydrogens (tertiary/aromatic N) is 1. The van der Waals surface area contributed by atoms with E-state index in [0.717, 1.165) is 0 Å². The molecule has 1 atom stereocenters. The average molecular weight is 266 g/mol. The topological polar surface area (TPSA) is 66.6 Å². The Kier molecular flexibility index (Phi) is 4.29. The Labute approximate surface area is 112 Å². The largest absolute Gasteiger partial charge is 0.508 e. The van der Waals surface area contributed by atoms with Crippen LogP contribution in [0.3, 0.4) is 0 Å². The van der Waals surface area contributed by atoms with Crippen LogP contribution in [0.15, 0.2) is 24.3 Å². The molecule has 18 heavy (non-hydrogen) atoms. The van der Waals surface area contributed by atoms with E-state index in [1.807, 2.05) is 6.92 Å². The molecule has 0 bridgehead atoms. The minimum Gasteiger partial charge on any atom is -0.508 e. The molecule has 0 heterocycles. The van der Waals surface area contributed by atoms with Crippen LogP contribution in [0.1, 0.15) is 20.3 Å². The first-order valence-electron chi connectivity index (χ1n) is 5.70. The maximum absolute atomic E-state index is 12.4. The second-order valence-electron chi connectivity index (χ2n) is 4.43. The van der Waals surface area contributed by atoms with Crippen molar-refractivity contribution in [3.8, 4) is 5.75 Å². The van der Waals surface area contributed by atoms with Crippen molar-refractivity contribution < 1.29 is 9.90 Å². The first-order chi connectivity index (χ1) is 8.32. The molecule has 0 spiro atoms. The summed E-state index contributed by atoms with van der Waals surface area (Å²) in [4.78, 5) is 14.1. The number of hydrogen-bond donors (Lipinski definition) is 2. The van der Waals surface area contributed by atoms with Gasteiger partial charge in [-0.05, 0) is 37.6 Å². The molecule has 0 aliphatic rings. The molecule has 0 radical (unpaired) electrons. The van der Waals surface area contributed by atoms with Crippen LogP contribution in [0.2, 0.25) is 0 Å². The van der Waals surface area contributed by atoms with Gasteiger partial charge in [0.05, 0.1) is 10.4 Å². The molecule has 3 N–H and O–H groups in total. The number of aromatic hydroxyl groups is 1. The number of carbonyl (C=O) groups excluding carboxylic acids is 1. The molecule has 0 saturated heterocycles. The summed E-state index contributed by atoms with van der Waals surface area (Å²) in [5.41, 5.74) is 5.51. The molecule has 1 aromatic rings. The van der Waals surface area contributed by atoms with Gasteiger partial charge in [-0.1, -0.05) is 19.1 Å². The number of amides is 1. The van der Waals surface area contributed by atoms with Gasteiger partial charge in [-0.15, -0.1) is 0 Å². The molecule has 0 aliphatic carbocycles. The van der Waals surface area contributed by atoms with E-state index in [1.54, 1.807) is 26.1 Å². The third kappa shape index (κ3) is 2.61. The molecule has 4 nitrogen and oxygen atoms in total. The number of thiocarbonyl (C=S) groups is 1. The molecule has 1 amide bonds. The minimum absolute atomic E-state index is 0.150. The predicted molar refractivity (Wildman–Crippen MR) is 76.7 cm³/mol. The lowest BCUT2D eigenvalue weighted by Crippen LogP contribution is -2.47. The van der Waals surface area contributed by atoms with Crippen molar-refractivity contribution in [2.24, 2.45) is 11.1 Å². The number of nitrogens with two attached hydrogens (primary N) is 1. The van der Waals surface area contributed by atoms with Gasteiger partial charge in [0.1, 0.15) is 5.75 Å². The van der Waals surface area contributed by atoms with Crippen molar-refractivity contribution in [3.63, 3.8) is 0 Å². The Morgan fingerprint density at radius 3 is 2.33 bits per heavy atom. The highest BCUT2D eigenvalue weighted by Gasteiger charge is 2.37. The van der Waals surface area contributed by atoms with Crippen molar-refractivity contribution in [1.82, 2.24) is 0 Å². The fraction of sp³-hybridized carbons (Fsp3) is 0.385. The van der Waals surface area contributed by atoms with Gasteiger partial charge < -0.3 is 15.7 Å². The van der Waals surface area contributed by atoms with E-state index in [-0.39, 0.29) is 16.6 Å². The van der Waals surface area contributed by atoms with Crippen LogP contribution in [0.4, 0.5) is 5.69 Å². The van der Waals surface area contributed by atoms with Gasteiger partial charge in [0.15, 0.2) is 0 Å². The van der Waals surface area contributed by atoms with Gasteiger partial charge in [0.2, 0.25) is 5.91 Å². The van der Waals surface area contributed by atoms with Crippen LogP contribution in [0.5, 0.6) is 5.75 Å². The van der Waals surface area contributed by atoms with Crippen LogP contribution in [0.25, 0.3) is 0 Å². The fourth-order valence-corrected chi connectivity index (χ4v) is 1.83. The third-order valence-electron chi connectivity index (χ3n) is 3.26. The van der Waals surface area contributed by atoms with Gasteiger partial charge >= 0.3 is 0 Å². The molecular weight excluding hydrogens is 248 g/mol. The molecule has 0 fully saturated rings. The van der Waals surface area contributed by atoms with E-state index in [1.165, 1.54) is 17.0 Å². The number of anilines is 1. The highest BCUT2D eigenvalue weighted by atomic mass is 32.1. The lowest BCUT2D eigenvalue weighted by molar-refractivity contribution is -0.124. The van der Waals surface area contributed by atoms with Crippen LogP contribution in [-0.2, 0) is 4.79 Å². The van der Waals surface area contributed by atoms with Gasteiger partial charge in [0.25, 0.3) is 0 Å². The first kappa shape index (κ1) is 14.4. The SMILES string of the molecule is CCC(C)(C(=O)N(C)c1ccc(O)cc1)C(N)=S. The number of phenols is 1. The van der Waals surface area contributed by atoms with E-state index >= 15 is 0 Å². The first-order valence-corrected chi connectivity index (χ1v) is 6.11. The molecule has 98 valence electrons. The highest BCUT2D eigenvalue weighted by molar-refractivity contribution is 7.80. The Bertz CT molecular complexity index is 459. The van der Waals surface area contributed by atoms with E-state index in [2.05, 4.69) is 0 Å². The molecule has 5 heteroatoms. The van der Waals surface area contributed by atoms with Gasteiger partial charge in [-0.2, -0.15) is 0 Å². The van der Waals surface area contributed by atoms with Gasteiger partial charge in [-0.3, -0.25) is 4.79 Å². The smallest absolute Gasteiger partial charge is 0.239 e. The van der Waals surface area contributed by atoms with Gasteiger partial charge in [-0.25, -0.2) is 0 Å². The Hall–Kier alpha value is -1.62. The summed E-state index contributed by atoms with van der Waals surface area (Å²) in [7, 11) is 1.67. The monoisotopic (exact) mass is 266 g/mol. The van der Waals surface area contributed by atoms with Gasteiger partial charge in [0, 0.05) is 12.7 Å². The van der Waals surface area contributed by atoms with E-state index in [9.17, 15) is 9.90 Å². The standard InChI is InChI=1S/C13H18N2O2S/c1-4-13(2,11(14)18)12(17)15(3)9-5-7-10(16)8-6-9/h5-8,16H,4H2,1-3H3,(H2,14,18). The summed E-state index contributed by atoms with van der Waals surface area (Å²) in [6, 6.07) is 6.40. The summed E-state index contributed by atoms with van der Waals surface area (Å²) in [5, 5.41) is 9.23. The van der Waals surface area contributed by atoms with E-state index < -0.39 is 5.41 Å². The number of benzene rings is 1.